The molecule has 1 amide bonds. The van der Waals surface area contributed by atoms with Crippen LogP contribution in [0, 0.1) is 5.82 Å². The molecule has 4 nitrogen and oxygen atoms in total. The summed E-state index contributed by atoms with van der Waals surface area (Å²) in [4.78, 5) is 22.3. The van der Waals surface area contributed by atoms with Crippen LogP contribution < -0.4 is 5.32 Å². The van der Waals surface area contributed by atoms with Crippen molar-refractivity contribution in [3.8, 4) is 0 Å². The third kappa shape index (κ3) is 2.31. The molecule has 0 aromatic heterocycles. The number of nitrogens with one attached hydrogen (secondary N) is 1. The number of carboxylic acid groups (broad SMARTS) is 1. The van der Waals surface area contributed by atoms with E-state index in [1.807, 2.05) is 0 Å². The first-order valence-corrected chi connectivity index (χ1v) is 5.79. The number of carboxylic acids is 1. The number of hydrogen-bond donors (Lipinski definition) is 2. The van der Waals surface area contributed by atoms with E-state index in [1.54, 1.807) is 0 Å². The molecule has 1 aliphatic rings. The van der Waals surface area contributed by atoms with Crippen molar-refractivity contribution in [2.24, 2.45) is 0 Å². The molecule has 0 spiro atoms. The SMILES string of the molecule is O=C(O)CNC(=O)C1(c2ccc(Cl)cc2F)CC1. The molecule has 18 heavy (non-hydrogen) atoms. The van der Waals surface area contributed by atoms with Crippen LogP contribution in [0.1, 0.15) is 18.4 Å². The lowest BCUT2D eigenvalue weighted by atomic mass is 9.94. The van der Waals surface area contributed by atoms with Gasteiger partial charge in [0.05, 0.1) is 5.41 Å². The minimum atomic E-state index is -1.13. The summed E-state index contributed by atoms with van der Waals surface area (Å²) in [6, 6.07) is 4.15. The third-order valence-electron chi connectivity index (χ3n) is 3.03. The summed E-state index contributed by atoms with van der Waals surface area (Å²) in [5.41, 5.74) is -0.654. The van der Waals surface area contributed by atoms with E-state index in [0.717, 1.165) is 6.07 Å². The Kier molecular flexibility index (Phi) is 3.26. The highest BCUT2D eigenvalue weighted by atomic mass is 35.5. The Morgan fingerprint density at radius 2 is 2.11 bits per heavy atom. The molecule has 96 valence electrons. The number of amides is 1. The van der Waals surface area contributed by atoms with Gasteiger partial charge in [-0.15, -0.1) is 0 Å². The van der Waals surface area contributed by atoms with Gasteiger partial charge in [0.25, 0.3) is 0 Å². The Morgan fingerprint density at radius 1 is 1.44 bits per heavy atom. The van der Waals surface area contributed by atoms with Crippen LogP contribution in [-0.2, 0) is 15.0 Å². The molecule has 6 heteroatoms. The molecule has 0 radical (unpaired) electrons. The van der Waals surface area contributed by atoms with Gasteiger partial charge in [-0.05, 0) is 25.0 Å². The average Bonchev–Trinajstić information content (AvgIpc) is 3.07. The van der Waals surface area contributed by atoms with E-state index in [9.17, 15) is 14.0 Å². The Hall–Kier alpha value is -1.62. The van der Waals surface area contributed by atoms with Crippen LogP contribution in [0.2, 0.25) is 5.02 Å². The highest BCUT2D eigenvalue weighted by Gasteiger charge is 2.52. The number of benzene rings is 1. The number of carbonyl (C=O) groups excluding carboxylic acids is 1. The predicted molar refractivity (Wildman–Crippen MR) is 63.0 cm³/mol. The van der Waals surface area contributed by atoms with E-state index >= 15 is 0 Å². The molecule has 0 aliphatic heterocycles. The largest absolute Gasteiger partial charge is 0.480 e. The maximum atomic E-state index is 13.8. The van der Waals surface area contributed by atoms with Gasteiger partial charge in [-0.3, -0.25) is 9.59 Å². The zero-order chi connectivity index (χ0) is 13.3. The van der Waals surface area contributed by atoms with E-state index in [1.165, 1.54) is 12.1 Å². The van der Waals surface area contributed by atoms with E-state index < -0.39 is 29.7 Å². The molecule has 1 aromatic carbocycles. The summed E-state index contributed by atoms with van der Waals surface area (Å²) in [5, 5.41) is 11.1. The van der Waals surface area contributed by atoms with Gasteiger partial charge >= 0.3 is 5.97 Å². The minimum Gasteiger partial charge on any atom is -0.480 e. The fraction of sp³-hybridized carbons (Fsp3) is 0.333. The molecule has 1 saturated carbocycles. The van der Waals surface area contributed by atoms with Crippen molar-refractivity contribution >= 4 is 23.5 Å². The van der Waals surface area contributed by atoms with Gasteiger partial charge in [0.1, 0.15) is 12.4 Å². The average molecular weight is 272 g/mol. The predicted octanol–water partition coefficient (Wildman–Crippen LogP) is 1.71. The second-order valence-electron chi connectivity index (χ2n) is 4.28. The van der Waals surface area contributed by atoms with Crippen LogP contribution in [0.4, 0.5) is 4.39 Å². The lowest BCUT2D eigenvalue weighted by Crippen LogP contribution is -2.38. The Labute approximate surface area is 108 Å². The third-order valence-corrected chi connectivity index (χ3v) is 3.27. The zero-order valence-corrected chi connectivity index (χ0v) is 10.1. The van der Waals surface area contributed by atoms with Crippen LogP contribution in [0.25, 0.3) is 0 Å². The van der Waals surface area contributed by atoms with Crippen LogP contribution in [0.5, 0.6) is 0 Å². The Balaban J connectivity index is 2.21. The number of aliphatic carboxylic acids is 1. The lowest BCUT2D eigenvalue weighted by Gasteiger charge is -2.15. The van der Waals surface area contributed by atoms with Gasteiger partial charge in [-0.1, -0.05) is 17.7 Å². The van der Waals surface area contributed by atoms with Gasteiger partial charge in [-0.25, -0.2) is 4.39 Å². The molecule has 1 aliphatic carbocycles. The van der Waals surface area contributed by atoms with Crippen molar-refractivity contribution in [3.63, 3.8) is 0 Å². The molecular formula is C12H11ClFNO3. The molecule has 1 aromatic rings. The smallest absolute Gasteiger partial charge is 0.322 e. The van der Waals surface area contributed by atoms with Crippen LogP contribution >= 0.6 is 11.6 Å². The lowest BCUT2D eigenvalue weighted by molar-refractivity contribution is -0.138. The molecule has 0 bridgehead atoms. The van der Waals surface area contributed by atoms with E-state index in [-0.39, 0.29) is 10.6 Å². The number of rotatable bonds is 4. The molecule has 2 rings (SSSR count). The maximum absolute atomic E-state index is 13.8. The molecule has 0 unspecified atom stereocenters. The van der Waals surface area contributed by atoms with Crippen molar-refractivity contribution in [1.82, 2.24) is 5.32 Å². The molecule has 2 N–H and O–H groups in total. The van der Waals surface area contributed by atoms with Crippen molar-refractivity contribution in [2.75, 3.05) is 6.54 Å². The standard InChI is InChI=1S/C12H11ClFNO3/c13-7-1-2-8(9(14)5-7)12(3-4-12)11(18)15-6-10(16)17/h1-2,5H,3-4,6H2,(H,15,18)(H,16,17). The fourth-order valence-corrected chi connectivity index (χ4v) is 2.11. The van der Waals surface area contributed by atoms with Gasteiger partial charge in [-0.2, -0.15) is 0 Å². The van der Waals surface area contributed by atoms with E-state index in [4.69, 9.17) is 16.7 Å². The summed E-state index contributed by atoms with van der Waals surface area (Å²) in [6.45, 7) is -0.463. The minimum absolute atomic E-state index is 0.262. The second kappa shape index (κ2) is 4.57. The van der Waals surface area contributed by atoms with Gasteiger partial charge in [0, 0.05) is 10.6 Å². The molecular weight excluding hydrogens is 261 g/mol. The van der Waals surface area contributed by atoms with E-state index in [2.05, 4.69) is 5.32 Å². The summed E-state index contributed by atoms with van der Waals surface area (Å²) < 4.78 is 13.8. The fourth-order valence-electron chi connectivity index (χ4n) is 1.95. The Bertz CT molecular complexity index is 514. The van der Waals surface area contributed by atoms with Crippen LogP contribution in [0.15, 0.2) is 18.2 Å². The molecule has 0 saturated heterocycles. The number of hydrogen-bond acceptors (Lipinski definition) is 2. The summed E-state index contributed by atoms with van der Waals surface area (Å²) in [5.74, 6) is -2.12. The van der Waals surface area contributed by atoms with Crippen molar-refractivity contribution in [2.45, 2.75) is 18.3 Å². The summed E-state index contributed by atoms with van der Waals surface area (Å²) >= 11 is 5.65. The van der Waals surface area contributed by atoms with E-state index in [0.29, 0.717) is 12.8 Å². The number of halogens is 2. The van der Waals surface area contributed by atoms with Crippen molar-refractivity contribution in [3.05, 3.63) is 34.6 Å². The number of carbonyl (C=O) groups is 2. The summed E-state index contributed by atoms with van der Waals surface area (Å²) in [6.07, 6.45) is 1.02. The summed E-state index contributed by atoms with van der Waals surface area (Å²) in [7, 11) is 0. The zero-order valence-electron chi connectivity index (χ0n) is 9.37. The molecule has 0 atom stereocenters. The van der Waals surface area contributed by atoms with Gasteiger partial charge in [0.2, 0.25) is 5.91 Å². The van der Waals surface area contributed by atoms with Crippen molar-refractivity contribution < 1.29 is 19.1 Å². The topological polar surface area (TPSA) is 66.4 Å². The van der Waals surface area contributed by atoms with Crippen LogP contribution in [0.3, 0.4) is 0 Å². The first-order chi connectivity index (χ1) is 8.45. The molecule has 0 heterocycles. The van der Waals surface area contributed by atoms with Crippen LogP contribution in [-0.4, -0.2) is 23.5 Å². The van der Waals surface area contributed by atoms with Crippen molar-refractivity contribution in [1.29, 1.82) is 0 Å². The second-order valence-corrected chi connectivity index (χ2v) is 4.72. The monoisotopic (exact) mass is 271 g/mol. The van der Waals surface area contributed by atoms with Gasteiger partial charge in [0.15, 0.2) is 0 Å². The normalized spacial score (nSPS) is 16.1. The first kappa shape index (κ1) is 12.8. The first-order valence-electron chi connectivity index (χ1n) is 5.41. The van der Waals surface area contributed by atoms with Gasteiger partial charge < -0.3 is 10.4 Å². The highest BCUT2D eigenvalue weighted by Crippen LogP contribution is 2.49. The quantitative estimate of drug-likeness (QED) is 0.876. The Morgan fingerprint density at radius 3 is 2.61 bits per heavy atom. The highest BCUT2D eigenvalue weighted by molar-refractivity contribution is 6.30. The maximum Gasteiger partial charge on any atom is 0.322 e. The molecule has 1 fully saturated rings.